The maximum atomic E-state index is 13.4. The lowest BCUT2D eigenvalue weighted by atomic mass is 9.36. The van der Waals surface area contributed by atoms with E-state index in [1.165, 1.54) is 6.92 Å². The number of rotatable bonds is 2. The number of hydrogen-bond acceptors (Lipinski definition) is 7. The molecule has 7 heteroatoms. The van der Waals surface area contributed by atoms with Gasteiger partial charge in [-0.05, 0) is 49.5 Å². The molecule has 0 unspecified atom stereocenters. The van der Waals surface area contributed by atoms with Crippen molar-refractivity contribution in [1.29, 1.82) is 0 Å². The molecule has 4 bridgehead atoms. The Morgan fingerprint density at radius 2 is 2.03 bits per heavy atom. The molecular formula is C22H30O7. The van der Waals surface area contributed by atoms with Gasteiger partial charge in [-0.3, -0.25) is 9.59 Å². The number of fused-ring (bicyclic) bond motifs is 2. The van der Waals surface area contributed by atoms with Gasteiger partial charge in [0, 0.05) is 23.7 Å². The molecule has 2 spiro atoms. The van der Waals surface area contributed by atoms with Crippen molar-refractivity contribution in [3.8, 4) is 0 Å². The first kappa shape index (κ1) is 19.7. The molecule has 6 fully saturated rings. The summed E-state index contributed by atoms with van der Waals surface area (Å²) in [7, 11) is 0. The Morgan fingerprint density at radius 3 is 2.72 bits per heavy atom. The van der Waals surface area contributed by atoms with Gasteiger partial charge in [0.25, 0.3) is 0 Å². The zero-order valence-electron chi connectivity index (χ0n) is 17.0. The number of allylic oxidation sites excluding steroid dienone is 1. The second-order valence-electron chi connectivity index (χ2n) is 10.3. The van der Waals surface area contributed by atoms with Crippen LogP contribution in [-0.4, -0.2) is 58.3 Å². The number of aliphatic hydroxyl groups excluding tert-OH is 2. The van der Waals surface area contributed by atoms with Gasteiger partial charge in [-0.15, -0.1) is 0 Å². The highest BCUT2D eigenvalue weighted by Gasteiger charge is 2.83. The van der Waals surface area contributed by atoms with E-state index in [1.54, 1.807) is 0 Å². The van der Waals surface area contributed by atoms with E-state index in [4.69, 9.17) is 9.47 Å². The number of aliphatic hydroxyl groups is 3. The summed E-state index contributed by atoms with van der Waals surface area (Å²) in [6.45, 7) is 7.30. The number of carbonyl (C=O) groups is 2. The van der Waals surface area contributed by atoms with E-state index in [0.717, 1.165) is 12.8 Å². The quantitative estimate of drug-likeness (QED) is 0.462. The summed E-state index contributed by atoms with van der Waals surface area (Å²) in [6.07, 6.45) is 0.950. The summed E-state index contributed by atoms with van der Waals surface area (Å²) >= 11 is 0. The zero-order chi connectivity index (χ0) is 21.0. The monoisotopic (exact) mass is 406 g/mol. The van der Waals surface area contributed by atoms with E-state index in [2.05, 4.69) is 6.58 Å². The largest absolute Gasteiger partial charge is 0.465 e. The fourth-order valence-electron chi connectivity index (χ4n) is 8.08. The van der Waals surface area contributed by atoms with Crippen molar-refractivity contribution in [3.05, 3.63) is 12.2 Å². The summed E-state index contributed by atoms with van der Waals surface area (Å²) in [5.41, 5.74) is -2.15. The minimum absolute atomic E-state index is 0.0226. The minimum atomic E-state index is -2.02. The highest BCUT2D eigenvalue weighted by Crippen LogP contribution is 2.76. The molecule has 4 saturated carbocycles. The highest BCUT2D eigenvalue weighted by molar-refractivity contribution is 6.04. The summed E-state index contributed by atoms with van der Waals surface area (Å²) in [6, 6.07) is 0. The van der Waals surface area contributed by atoms with Crippen molar-refractivity contribution < 1.29 is 34.4 Å². The fourth-order valence-corrected chi connectivity index (χ4v) is 8.08. The lowest BCUT2D eigenvalue weighted by Gasteiger charge is -2.73. The van der Waals surface area contributed by atoms with Gasteiger partial charge in [0.05, 0.1) is 24.7 Å². The molecule has 29 heavy (non-hydrogen) atoms. The van der Waals surface area contributed by atoms with Crippen LogP contribution in [0.25, 0.3) is 0 Å². The van der Waals surface area contributed by atoms with E-state index in [1.807, 2.05) is 6.92 Å². The second kappa shape index (κ2) is 5.69. The van der Waals surface area contributed by atoms with Gasteiger partial charge in [-0.25, -0.2) is 0 Å². The van der Waals surface area contributed by atoms with Crippen LogP contribution >= 0.6 is 0 Å². The standard InChI is InChI=1S/C22H30O7/c1-11-13-4-5-14-20-7-6-15(24)19(3,9-28-12(2)23)16(20)18(26)22(27,29-10-20)21(14,8-13)17(11)25/h13-16,18,24,26-27H,1,4-10H2,2-3H3/t13-,14+,15+,16-,18+,19-,20-,21+,22-/m1/s1. The van der Waals surface area contributed by atoms with Crippen LogP contribution in [0.3, 0.4) is 0 Å². The smallest absolute Gasteiger partial charge is 0.302 e. The van der Waals surface area contributed by atoms with E-state index < -0.39 is 46.1 Å². The van der Waals surface area contributed by atoms with Gasteiger partial charge in [0.15, 0.2) is 5.78 Å². The Kier molecular flexibility index (Phi) is 3.86. The SMILES string of the molecule is C=C1C(=O)[C@]23C[C@H]1CC[C@H]2[C@]12CC[C@H](O)[C@@](C)(COC(C)=O)[C@H]1[C@H](O)[C@@]3(O)OC2. The summed E-state index contributed by atoms with van der Waals surface area (Å²) in [5.74, 6) is -3.33. The molecule has 6 rings (SSSR count). The number of ether oxygens (including phenoxy) is 2. The normalized spacial score (nSPS) is 55.4. The Labute approximate surface area is 170 Å². The van der Waals surface area contributed by atoms with Crippen molar-refractivity contribution in [2.45, 2.75) is 63.9 Å². The Morgan fingerprint density at radius 1 is 1.31 bits per heavy atom. The molecule has 9 atom stereocenters. The first-order valence-corrected chi connectivity index (χ1v) is 10.6. The van der Waals surface area contributed by atoms with Crippen molar-refractivity contribution in [2.75, 3.05) is 13.2 Å². The van der Waals surface area contributed by atoms with Gasteiger partial charge >= 0.3 is 5.97 Å². The third-order valence-corrected chi connectivity index (χ3v) is 9.33. The van der Waals surface area contributed by atoms with Crippen molar-refractivity contribution in [1.82, 2.24) is 0 Å². The summed E-state index contributed by atoms with van der Waals surface area (Å²) in [4.78, 5) is 24.9. The van der Waals surface area contributed by atoms with E-state index in [-0.39, 0.29) is 30.8 Å². The predicted molar refractivity (Wildman–Crippen MR) is 100 cm³/mol. The van der Waals surface area contributed by atoms with Gasteiger partial charge in [0.1, 0.15) is 6.10 Å². The fraction of sp³-hybridized carbons (Fsp3) is 0.818. The molecule has 3 N–H and O–H groups in total. The molecule has 2 heterocycles. The first-order chi connectivity index (χ1) is 13.5. The lowest BCUT2D eigenvalue weighted by Crippen LogP contribution is -2.82. The van der Waals surface area contributed by atoms with Crippen molar-refractivity contribution >= 4 is 11.8 Å². The van der Waals surface area contributed by atoms with E-state index in [9.17, 15) is 24.9 Å². The molecule has 2 saturated heterocycles. The van der Waals surface area contributed by atoms with Gasteiger partial charge < -0.3 is 24.8 Å². The predicted octanol–water partition coefficient (Wildman–Crippen LogP) is 0.948. The van der Waals surface area contributed by atoms with Crippen molar-refractivity contribution in [2.24, 2.45) is 34.0 Å². The lowest BCUT2D eigenvalue weighted by molar-refractivity contribution is -0.444. The third-order valence-electron chi connectivity index (χ3n) is 9.33. The molecule has 7 nitrogen and oxygen atoms in total. The molecule has 2 aliphatic heterocycles. The molecule has 0 aromatic heterocycles. The molecule has 0 radical (unpaired) electrons. The van der Waals surface area contributed by atoms with Crippen molar-refractivity contribution in [3.63, 3.8) is 0 Å². The maximum Gasteiger partial charge on any atom is 0.302 e. The van der Waals surface area contributed by atoms with Crippen LogP contribution in [0.1, 0.15) is 46.0 Å². The Balaban J connectivity index is 1.67. The summed E-state index contributed by atoms with van der Waals surface area (Å²) in [5, 5.41) is 34.2. The third kappa shape index (κ3) is 1.98. The van der Waals surface area contributed by atoms with E-state index >= 15 is 0 Å². The number of carbonyl (C=O) groups excluding carboxylic acids is 2. The van der Waals surface area contributed by atoms with Gasteiger partial charge in [0.2, 0.25) is 5.79 Å². The first-order valence-electron chi connectivity index (χ1n) is 10.6. The van der Waals surface area contributed by atoms with Crippen LogP contribution in [-0.2, 0) is 19.1 Å². The molecule has 0 aromatic rings. The number of Topliss-reactive ketones (excluding diaryl/α,β-unsaturated/α-hetero) is 1. The van der Waals surface area contributed by atoms with Crippen LogP contribution in [0, 0.1) is 34.0 Å². The summed E-state index contributed by atoms with van der Waals surface area (Å²) < 4.78 is 11.3. The molecule has 0 amide bonds. The minimum Gasteiger partial charge on any atom is -0.465 e. The molecular weight excluding hydrogens is 376 g/mol. The number of esters is 1. The molecule has 6 aliphatic rings. The van der Waals surface area contributed by atoms with Crippen LogP contribution in [0.2, 0.25) is 0 Å². The maximum absolute atomic E-state index is 13.4. The molecule has 4 aliphatic carbocycles. The van der Waals surface area contributed by atoms with Gasteiger partial charge in [-0.2, -0.15) is 0 Å². The van der Waals surface area contributed by atoms with Crippen LogP contribution in [0.4, 0.5) is 0 Å². The van der Waals surface area contributed by atoms with Gasteiger partial charge in [-0.1, -0.05) is 13.5 Å². The second-order valence-corrected chi connectivity index (χ2v) is 10.3. The molecule has 0 aromatic carbocycles. The highest BCUT2D eigenvalue weighted by atomic mass is 16.6. The topological polar surface area (TPSA) is 113 Å². The number of hydrogen-bond donors (Lipinski definition) is 3. The van der Waals surface area contributed by atoms with Crippen LogP contribution in [0.15, 0.2) is 12.2 Å². The van der Waals surface area contributed by atoms with Crippen LogP contribution < -0.4 is 0 Å². The number of ketones is 1. The Bertz CT molecular complexity index is 805. The molecule has 160 valence electrons. The average molecular weight is 406 g/mol. The average Bonchev–Trinajstić information content (AvgIpc) is 2.87. The Hall–Kier alpha value is -1.28. The van der Waals surface area contributed by atoms with Crippen LogP contribution in [0.5, 0.6) is 0 Å². The van der Waals surface area contributed by atoms with E-state index in [0.29, 0.717) is 24.8 Å². The zero-order valence-corrected chi connectivity index (χ0v) is 17.0.